The fourth-order valence-corrected chi connectivity index (χ4v) is 6.87. The van der Waals surface area contributed by atoms with E-state index in [1.807, 2.05) is 54.7 Å². The van der Waals surface area contributed by atoms with Crippen LogP contribution in [0, 0.1) is 0 Å². The second kappa shape index (κ2) is 44.4. The standard InChI is InChI=1S/C51H89NO5/c1-4-7-10-13-16-19-22-23-24-25-26-27-29-32-35-38-41-44-51(56)57-47(42-39-36-33-30-21-18-15-12-9-6-3)45-50(55)52-48(46-53)49(54)43-40-37-34-31-28-20-17-14-11-8-5-2/h7,10,13,16,19,22-27,29,47-49,53-54H,4-6,8-9,11-12,14-15,17-18,20-21,28,30-46H2,1-3H3,(H,52,55)/b10-7-,16-13+,22-19+,24-23-,26-25+,29-27+. The van der Waals surface area contributed by atoms with Gasteiger partial charge in [0.2, 0.25) is 5.91 Å². The fraction of sp³-hybridized carbons (Fsp3) is 0.725. The monoisotopic (exact) mass is 796 g/mol. The smallest absolute Gasteiger partial charge is 0.306 e. The minimum atomic E-state index is -0.795. The number of aliphatic hydroxyl groups is 2. The van der Waals surface area contributed by atoms with Crippen LogP contribution in [0.1, 0.15) is 213 Å². The summed E-state index contributed by atoms with van der Waals surface area (Å²) in [5, 5.41) is 23.6. The van der Waals surface area contributed by atoms with Gasteiger partial charge in [-0.2, -0.15) is 0 Å². The number of carbonyl (C=O) groups excluding carboxylic acids is 2. The number of carbonyl (C=O) groups is 2. The summed E-state index contributed by atoms with van der Waals surface area (Å²) in [5.41, 5.74) is 0. The Morgan fingerprint density at radius 3 is 1.42 bits per heavy atom. The lowest BCUT2D eigenvalue weighted by Gasteiger charge is -2.24. The first kappa shape index (κ1) is 54.3. The van der Waals surface area contributed by atoms with Gasteiger partial charge in [-0.3, -0.25) is 9.59 Å². The maximum atomic E-state index is 13.1. The first-order valence-corrected chi connectivity index (χ1v) is 23.7. The van der Waals surface area contributed by atoms with E-state index in [2.05, 4.69) is 44.3 Å². The number of amides is 1. The molecule has 6 nitrogen and oxygen atoms in total. The molecule has 328 valence electrons. The summed E-state index contributed by atoms with van der Waals surface area (Å²) in [6, 6.07) is -0.710. The number of hydrogen-bond acceptors (Lipinski definition) is 5. The van der Waals surface area contributed by atoms with Crippen LogP contribution >= 0.6 is 0 Å². The van der Waals surface area contributed by atoms with E-state index in [9.17, 15) is 19.8 Å². The van der Waals surface area contributed by atoms with Gasteiger partial charge in [0, 0.05) is 6.42 Å². The highest BCUT2D eigenvalue weighted by molar-refractivity contribution is 5.77. The summed E-state index contributed by atoms with van der Waals surface area (Å²) < 4.78 is 5.89. The summed E-state index contributed by atoms with van der Waals surface area (Å²) in [4.78, 5) is 26.0. The largest absolute Gasteiger partial charge is 0.462 e. The van der Waals surface area contributed by atoms with Gasteiger partial charge in [0.05, 0.1) is 25.2 Å². The van der Waals surface area contributed by atoms with Gasteiger partial charge in [-0.1, -0.05) is 229 Å². The Hall–Kier alpha value is -2.70. The topological polar surface area (TPSA) is 95.9 Å². The second-order valence-electron chi connectivity index (χ2n) is 15.9. The zero-order valence-corrected chi connectivity index (χ0v) is 37.2. The molecule has 0 bridgehead atoms. The summed E-state index contributed by atoms with van der Waals surface area (Å²) in [7, 11) is 0. The average Bonchev–Trinajstić information content (AvgIpc) is 3.20. The van der Waals surface area contributed by atoms with Crippen LogP contribution in [-0.4, -0.2) is 46.9 Å². The molecule has 0 rings (SSSR count). The number of rotatable bonds is 41. The molecule has 0 aliphatic heterocycles. The van der Waals surface area contributed by atoms with Crippen LogP contribution in [0.2, 0.25) is 0 Å². The van der Waals surface area contributed by atoms with Gasteiger partial charge < -0.3 is 20.3 Å². The van der Waals surface area contributed by atoms with E-state index >= 15 is 0 Å². The van der Waals surface area contributed by atoms with E-state index in [1.54, 1.807) is 0 Å². The van der Waals surface area contributed by atoms with Gasteiger partial charge in [-0.05, 0) is 44.9 Å². The quantitative estimate of drug-likeness (QED) is 0.0325. The van der Waals surface area contributed by atoms with E-state index in [4.69, 9.17) is 4.74 Å². The van der Waals surface area contributed by atoms with Crippen molar-refractivity contribution in [3.05, 3.63) is 72.9 Å². The molecule has 3 N–H and O–H groups in total. The second-order valence-corrected chi connectivity index (χ2v) is 15.9. The molecule has 3 unspecified atom stereocenters. The van der Waals surface area contributed by atoms with Crippen LogP contribution in [-0.2, 0) is 14.3 Å². The third kappa shape index (κ3) is 39.9. The summed E-state index contributed by atoms with van der Waals surface area (Å²) >= 11 is 0. The summed E-state index contributed by atoms with van der Waals surface area (Å²) in [6.07, 6.45) is 55.2. The Morgan fingerprint density at radius 2 is 0.947 bits per heavy atom. The predicted molar refractivity (Wildman–Crippen MR) is 245 cm³/mol. The number of nitrogens with one attached hydrogen (secondary N) is 1. The van der Waals surface area contributed by atoms with Crippen molar-refractivity contribution in [1.29, 1.82) is 0 Å². The predicted octanol–water partition coefficient (Wildman–Crippen LogP) is 13.8. The number of ether oxygens (including phenoxy) is 1. The summed E-state index contributed by atoms with van der Waals surface area (Å²) in [5.74, 6) is -0.528. The normalized spacial score (nSPS) is 14.0. The molecule has 6 heteroatoms. The van der Waals surface area contributed by atoms with Crippen molar-refractivity contribution in [3.8, 4) is 0 Å². The van der Waals surface area contributed by atoms with Crippen LogP contribution in [0.3, 0.4) is 0 Å². The Bertz CT molecular complexity index is 1070. The molecule has 0 heterocycles. The van der Waals surface area contributed by atoms with Gasteiger partial charge in [-0.15, -0.1) is 0 Å². The maximum Gasteiger partial charge on any atom is 0.306 e. The number of unbranched alkanes of at least 4 members (excludes halogenated alkanes) is 22. The minimum Gasteiger partial charge on any atom is -0.462 e. The van der Waals surface area contributed by atoms with Crippen molar-refractivity contribution in [3.63, 3.8) is 0 Å². The number of aliphatic hydroxyl groups excluding tert-OH is 2. The van der Waals surface area contributed by atoms with Gasteiger partial charge in [-0.25, -0.2) is 0 Å². The van der Waals surface area contributed by atoms with Gasteiger partial charge in [0.1, 0.15) is 6.10 Å². The zero-order valence-electron chi connectivity index (χ0n) is 37.2. The third-order valence-corrected chi connectivity index (χ3v) is 10.5. The summed E-state index contributed by atoms with van der Waals surface area (Å²) in [6.45, 7) is 6.30. The molecule has 0 radical (unpaired) electrons. The molecule has 3 atom stereocenters. The van der Waals surface area contributed by atoms with Crippen LogP contribution in [0.15, 0.2) is 72.9 Å². The van der Waals surface area contributed by atoms with Gasteiger partial charge in [0.15, 0.2) is 0 Å². The SMILES string of the molecule is CC\C=C/C=C/C=C/C=C\C=C\C=C\CCCCCC(=O)OC(CCCCCCCCCCCC)CC(=O)NC(CO)C(O)CCCCCCCCCCCCC. The van der Waals surface area contributed by atoms with E-state index in [1.165, 1.54) is 96.3 Å². The van der Waals surface area contributed by atoms with E-state index in [0.29, 0.717) is 19.3 Å². The van der Waals surface area contributed by atoms with E-state index in [0.717, 1.165) is 70.6 Å². The minimum absolute atomic E-state index is 0.0579. The molecule has 0 aliphatic rings. The molecule has 57 heavy (non-hydrogen) atoms. The van der Waals surface area contributed by atoms with Crippen LogP contribution in [0.5, 0.6) is 0 Å². The maximum absolute atomic E-state index is 13.1. The lowest BCUT2D eigenvalue weighted by atomic mass is 10.0. The van der Waals surface area contributed by atoms with E-state index < -0.39 is 18.2 Å². The molecule has 0 saturated heterocycles. The first-order valence-electron chi connectivity index (χ1n) is 23.7. The van der Waals surface area contributed by atoms with Gasteiger partial charge in [0.25, 0.3) is 0 Å². The third-order valence-electron chi connectivity index (χ3n) is 10.5. The zero-order chi connectivity index (χ0) is 41.7. The van der Waals surface area contributed by atoms with Crippen molar-refractivity contribution in [2.75, 3.05) is 6.61 Å². The Labute approximate surface area is 351 Å². The fourth-order valence-electron chi connectivity index (χ4n) is 6.87. The Balaban J connectivity index is 4.64. The molecule has 0 aromatic carbocycles. The van der Waals surface area contributed by atoms with Gasteiger partial charge >= 0.3 is 5.97 Å². The van der Waals surface area contributed by atoms with E-state index in [-0.39, 0.29) is 24.9 Å². The molecular formula is C51H89NO5. The van der Waals surface area contributed by atoms with Crippen molar-refractivity contribution >= 4 is 11.9 Å². The highest BCUT2D eigenvalue weighted by Crippen LogP contribution is 2.17. The lowest BCUT2D eigenvalue weighted by Crippen LogP contribution is -2.46. The molecule has 0 saturated carbocycles. The molecule has 0 fully saturated rings. The Kier molecular flexibility index (Phi) is 42.3. The molecule has 0 aromatic rings. The highest BCUT2D eigenvalue weighted by atomic mass is 16.5. The van der Waals surface area contributed by atoms with Crippen molar-refractivity contribution in [2.24, 2.45) is 0 Å². The lowest BCUT2D eigenvalue weighted by molar-refractivity contribution is -0.151. The van der Waals surface area contributed by atoms with Crippen LogP contribution < -0.4 is 5.32 Å². The number of hydrogen-bond donors (Lipinski definition) is 3. The molecule has 0 aliphatic carbocycles. The molecule has 0 aromatic heterocycles. The Morgan fingerprint density at radius 1 is 0.526 bits per heavy atom. The molecular weight excluding hydrogens is 707 g/mol. The highest BCUT2D eigenvalue weighted by Gasteiger charge is 2.24. The molecule has 1 amide bonds. The molecule has 0 spiro atoms. The van der Waals surface area contributed by atoms with Crippen LogP contribution in [0.4, 0.5) is 0 Å². The van der Waals surface area contributed by atoms with Crippen molar-refractivity contribution in [2.45, 2.75) is 232 Å². The van der Waals surface area contributed by atoms with Crippen molar-refractivity contribution < 1.29 is 24.5 Å². The van der Waals surface area contributed by atoms with Crippen molar-refractivity contribution in [1.82, 2.24) is 5.32 Å². The van der Waals surface area contributed by atoms with Crippen LogP contribution in [0.25, 0.3) is 0 Å². The average molecular weight is 796 g/mol. The first-order chi connectivity index (χ1) is 28.0. The number of esters is 1. The number of allylic oxidation sites excluding steroid dienone is 12.